The summed E-state index contributed by atoms with van der Waals surface area (Å²) in [4.78, 5) is 15.3. The maximum absolute atomic E-state index is 11.2. The Balaban J connectivity index is 1.98. The minimum Gasteiger partial charge on any atom is -0.363 e. The van der Waals surface area contributed by atoms with Crippen molar-refractivity contribution in [1.29, 1.82) is 0 Å². The Kier molecular flexibility index (Phi) is 3.06. The van der Waals surface area contributed by atoms with E-state index in [0.717, 1.165) is 28.1 Å². The van der Waals surface area contributed by atoms with Crippen molar-refractivity contribution < 1.29 is 4.79 Å². The van der Waals surface area contributed by atoms with Crippen molar-refractivity contribution >= 4 is 5.91 Å². The first-order chi connectivity index (χ1) is 10.1. The Morgan fingerprint density at radius 3 is 2.43 bits per heavy atom. The van der Waals surface area contributed by atoms with E-state index in [1.165, 1.54) is 0 Å². The molecule has 0 saturated carbocycles. The number of nitrogens with two attached hydrogens (primary N) is 1. The molecule has 3 rings (SSSR count). The lowest BCUT2D eigenvalue weighted by molar-refractivity contribution is 0.0987. The van der Waals surface area contributed by atoms with E-state index < -0.39 is 5.91 Å². The van der Waals surface area contributed by atoms with Gasteiger partial charge in [-0.1, -0.05) is 24.3 Å². The van der Waals surface area contributed by atoms with Crippen molar-refractivity contribution in [2.75, 3.05) is 0 Å². The number of hydrogen-bond donors (Lipinski definition) is 2. The Morgan fingerprint density at radius 2 is 1.90 bits per heavy atom. The highest BCUT2D eigenvalue weighted by molar-refractivity contribution is 5.90. The number of aromatic amines is 1. The third-order valence-corrected chi connectivity index (χ3v) is 3.53. The van der Waals surface area contributed by atoms with Crippen molar-refractivity contribution in [3.63, 3.8) is 0 Å². The number of primary amides is 1. The number of amides is 1. The molecule has 0 aliphatic carbocycles. The molecule has 2 aromatic heterocycles. The van der Waals surface area contributed by atoms with Crippen LogP contribution in [0, 0.1) is 6.92 Å². The molecule has 0 saturated heterocycles. The molecule has 0 fully saturated rings. The number of imidazole rings is 1. The van der Waals surface area contributed by atoms with Crippen molar-refractivity contribution in [2.45, 2.75) is 6.92 Å². The number of rotatable bonds is 3. The number of nitrogens with one attached hydrogen (secondary N) is 1. The van der Waals surface area contributed by atoms with Gasteiger partial charge in [0.25, 0.3) is 5.91 Å². The maximum Gasteiger partial charge on any atom is 0.284 e. The lowest BCUT2D eigenvalue weighted by Gasteiger charge is -2.05. The van der Waals surface area contributed by atoms with Crippen LogP contribution in [0.25, 0.3) is 22.4 Å². The third-order valence-electron chi connectivity index (χ3n) is 3.53. The Morgan fingerprint density at radius 1 is 1.24 bits per heavy atom. The van der Waals surface area contributed by atoms with E-state index in [4.69, 9.17) is 5.73 Å². The molecule has 1 aromatic carbocycles. The average Bonchev–Trinajstić information content (AvgIpc) is 3.05. The fraction of sp³-hybridized carbons (Fsp3) is 0.133. The third kappa shape index (κ3) is 2.20. The largest absolute Gasteiger partial charge is 0.363 e. The lowest BCUT2D eigenvalue weighted by atomic mass is 10.0. The maximum atomic E-state index is 11.2. The van der Waals surface area contributed by atoms with Crippen LogP contribution in [-0.2, 0) is 7.05 Å². The summed E-state index contributed by atoms with van der Waals surface area (Å²) in [5.41, 5.74) is 10.2. The fourth-order valence-corrected chi connectivity index (χ4v) is 2.38. The van der Waals surface area contributed by atoms with Crippen LogP contribution in [-0.4, -0.2) is 25.7 Å². The molecular weight excluding hydrogens is 266 g/mol. The molecule has 6 heteroatoms. The number of H-pyrrole nitrogens is 1. The monoisotopic (exact) mass is 281 g/mol. The van der Waals surface area contributed by atoms with E-state index in [2.05, 4.69) is 15.2 Å². The van der Waals surface area contributed by atoms with Crippen LogP contribution >= 0.6 is 0 Å². The van der Waals surface area contributed by atoms with Gasteiger partial charge in [0, 0.05) is 18.8 Å². The van der Waals surface area contributed by atoms with Crippen LogP contribution in [0.2, 0.25) is 0 Å². The second-order valence-electron chi connectivity index (χ2n) is 4.85. The molecule has 1 amide bonds. The number of benzene rings is 1. The standard InChI is InChI=1S/C15H15N5O/c1-9-12(7-18-19-9)10-3-5-11(6-4-10)13-8-17-15(14(16)21)20(13)2/h3-8H,1-2H3,(H2,16,21)(H,18,19). The molecule has 0 radical (unpaired) electrons. The summed E-state index contributed by atoms with van der Waals surface area (Å²) in [5.74, 6) is -0.283. The quantitative estimate of drug-likeness (QED) is 0.768. The summed E-state index contributed by atoms with van der Waals surface area (Å²) >= 11 is 0. The number of aromatic nitrogens is 4. The fourth-order valence-electron chi connectivity index (χ4n) is 2.38. The topological polar surface area (TPSA) is 89.6 Å². The molecular formula is C15H15N5O. The second kappa shape index (κ2) is 4.90. The summed E-state index contributed by atoms with van der Waals surface area (Å²) in [6.07, 6.45) is 3.53. The van der Waals surface area contributed by atoms with Gasteiger partial charge in [-0.05, 0) is 18.1 Å². The predicted molar refractivity (Wildman–Crippen MR) is 79.5 cm³/mol. The summed E-state index contributed by atoms with van der Waals surface area (Å²) in [5, 5.41) is 6.97. The van der Waals surface area contributed by atoms with Gasteiger partial charge in [0.1, 0.15) is 0 Å². The zero-order valence-electron chi connectivity index (χ0n) is 11.8. The normalized spacial score (nSPS) is 10.8. The van der Waals surface area contributed by atoms with Crippen LogP contribution < -0.4 is 5.73 Å². The van der Waals surface area contributed by atoms with Gasteiger partial charge in [-0.3, -0.25) is 9.89 Å². The van der Waals surface area contributed by atoms with E-state index in [9.17, 15) is 4.79 Å². The van der Waals surface area contributed by atoms with Crippen LogP contribution in [0.3, 0.4) is 0 Å². The van der Waals surface area contributed by atoms with Crippen molar-refractivity contribution in [3.8, 4) is 22.4 Å². The van der Waals surface area contributed by atoms with Crippen LogP contribution in [0.1, 0.15) is 16.3 Å². The van der Waals surface area contributed by atoms with Gasteiger partial charge < -0.3 is 10.3 Å². The molecule has 0 aliphatic heterocycles. The summed E-state index contributed by atoms with van der Waals surface area (Å²) in [6, 6.07) is 8.02. The zero-order valence-corrected chi connectivity index (χ0v) is 11.8. The summed E-state index contributed by atoms with van der Waals surface area (Å²) in [6.45, 7) is 1.96. The smallest absolute Gasteiger partial charge is 0.284 e. The van der Waals surface area contributed by atoms with E-state index in [-0.39, 0.29) is 5.82 Å². The Bertz CT molecular complexity index is 798. The number of hydrogen-bond acceptors (Lipinski definition) is 3. The van der Waals surface area contributed by atoms with Crippen molar-refractivity contribution in [1.82, 2.24) is 19.7 Å². The van der Waals surface area contributed by atoms with Gasteiger partial charge in [-0.15, -0.1) is 0 Å². The van der Waals surface area contributed by atoms with Gasteiger partial charge in [-0.25, -0.2) is 4.98 Å². The molecule has 3 aromatic rings. The van der Waals surface area contributed by atoms with Crippen LogP contribution in [0.15, 0.2) is 36.7 Å². The number of carbonyl (C=O) groups excluding carboxylic acids is 1. The summed E-state index contributed by atoms with van der Waals surface area (Å²) < 4.78 is 1.69. The van der Waals surface area contributed by atoms with E-state index >= 15 is 0 Å². The van der Waals surface area contributed by atoms with Gasteiger partial charge in [0.15, 0.2) is 5.82 Å². The number of carbonyl (C=O) groups is 1. The average molecular weight is 281 g/mol. The van der Waals surface area contributed by atoms with Crippen molar-refractivity contribution in [3.05, 3.63) is 48.2 Å². The Labute approximate surface area is 121 Å². The molecule has 2 heterocycles. The second-order valence-corrected chi connectivity index (χ2v) is 4.85. The molecule has 21 heavy (non-hydrogen) atoms. The van der Waals surface area contributed by atoms with Gasteiger partial charge in [-0.2, -0.15) is 5.10 Å². The molecule has 0 unspecified atom stereocenters. The summed E-state index contributed by atoms with van der Waals surface area (Å²) in [7, 11) is 1.77. The SMILES string of the molecule is Cc1n[nH]cc1-c1ccc(-c2cnc(C(N)=O)n2C)cc1. The highest BCUT2D eigenvalue weighted by Crippen LogP contribution is 2.26. The van der Waals surface area contributed by atoms with E-state index in [1.54, 1.807) is 17.8 Å². The molecule has 0 bridgehead atoms. The van der Waals surface area contributed by atoms with E-state index in [0.29, 0.717) is 0 Å². The van der Waals surface area contributed by atoms with Crippen molar-refractivity contribution in [2.24, 2.45) is 12.8 Å². The zero-order chi connectivity index (χ0) is 15.0. The number of aryl methyl sites for hydroxylation is 1. The molecule has 0 aliphatic rings. The molecule has 3 N–H and O–H groups in total. The first-order valence-corrected chi connectivity index (χ1v) is 6.50. The van der Waals surface area contributed by atoms with Gasteiger partial charge >= 0.3 is 0 Å². The number of nitrogens with zero attached hydrogens (tertiary/aromatic N) is 3. The lowest BCUT2D eigenvalue weighted by Crippen LogP contribution is -2.16. The van der Waals surface area contributed by atoms with E-state index in [1.807, 2.05) is 37.4 Å². The van der Waals surface area contributed by atoms with Crippen LogP contribution in [0.4, 0.5) is 0 Å². The minimum atomic E-state index is -0.533. The van der Waals surface area contributed by atoms with Crippen LogP contribution in [0.5, 0.6) is 0 Å². The van der Waals surface area contributed by atoms with Gasteiger partial charge in [0.05, 0.1) is 17.6 Å². The highest BCUT2D eigenvalue weighted by atomic mass is 16.1. The first-order valence-electron chi connectivity index (χ1n) is 6.50. The predicted octanol–water partition coefficient (Wildman–Crippen LogP) is 1.88. The minimum absolute atomic E-state index is 0.250. The molecule has 106 valence electrons. The first kappa shape index (κ1) is 13.1. The highest BCUT2D eigenvalue weighted by Gasteiger charge is 2.12. The molecule has 0 spiro atoms. The molecule has 6 nitrogen and oxygen atoms in total. The van der Waals surface area contributed by atoms with Gasteiger partial charge in [0.2, 0.25) is 0 Å². The Hall–Kier alpha value is -2.89. The molecule has 0 atom stereocenters.